The fourth-order valence-electron chi connectivity index (χ4n) is 2.29. The highest BCUT2D eigenvalue weighted by atomic mass is 32.1. The van der Waals surface area contributed by atoms with Crippen molar-refractivity contribution < 1.29 is 9.84 Å². The van der Waals surface area contributed by atoms with E-state index in [1.54, 1.807) is 11.6 Å². The predicted molar refractivity (Wildman–Crippen MR) is 82.9 cm³/mol. The number of benzene rings is 1. The minimum absolute atomic E-state index is 0.0596. The van der Waals surface area contributed by atoms with Crippen molar-refractivity contribution >= 4 is 16.3 Å². The quantitative estimate of drug-likeness (QED) is 0.804. The van der Waals surface area contributed by atoms with Gasteiger partial charge in [-0.25, -0.2) is 9.50 Å². The van der Waals surface area contributed by atoms with Crippen LogP contribution in [0.5, 0.6) is 5.75 Å². The third kappa shape index (κ3) is 2.41. The Morgan fingerprint density at radius 1 is 1.38 bits per heavy atom. The van der Waals surface area contributed by atoms with E-state index >= 15 is 0 Å². The molecule has 2 aromatic heterocycles. The molecule has 0 saturated carbocycles. The Balaban J connectivity index is 2.11. The average molecular weight is 303 g/mol. The maximum Gasteiger partial charge on any atom is 0.213 e. The lowest BCUT2D eigenvalue weighted by atomic mass is 10.1. The lowest BCUT2D eigenvalue weighted by Gasteiger charge is -2.03. The molecule has 0 atom stereocenters. The maximum atomic E-state index is 9.60. The monoisotopic (exact) mass is 303 g/mol. The molecule has 21 heavy (non-hydrogen) atoms. The van der Waals surface area contributed by atoms with E-state index in [1.807, 2.05) is 24.3 Å². The smallest absolute Gasteiger partial charge is 0.213 e. The summed E-state index contributed by atoms with van der Waals surface area (Å²) in [7, 11) is 1.65. The Kier molecular flexibility index (Phi) is 3.65. The molecule has 0 bridgehead atoms. The zero-order chi connectivity index (χ0) is 15.0. The SMILES string of the molecule is COc1cccc(-c2nn3c(CO)c(C(C)C)nc3s2)c1. The van der Waals surface area contributed by atoms with E-state index in [1.165, 1.54) is 11.3 Å². The molecule has 3 rings (SSSR count). The summed E-state index contributed by atoms with van der Waals surface area (Å²) in [4.78, 5) is 5.41. The van der Waals surface area contributed by atoms with Gasteiger partial charge in [0, 0.05) is 5.56 Å². The predicted octanol–water partition coefficient (Wildman–Crippen LogP) is 3.08. The first-order valence-corrected chi connectivity index (χ1v) is 7.59. The van der Waals surface area contributed by atoms with Crippen LogP contribution < -0.4 is 4.74 Å². The first kappa shape index (κ1) is 14.0. The number of aliphatic hydroxyl groups is 1. The molecule has 6 heteroatoms. The number of hydrogen-bond acceptors (Lipinski definition) is 5. The number of hydrogen-bond donors (Lipinski definition) is 1. The van der Waals surface area contributed by atoms with Crippen LogP contribution in [0.4, 0.5) is 0 Å². The highest BCUT2D eigenvalue weighted by Crippen LogP contribution is 2.30. The molecule has 5 nitrogen and oxygen atoms in total. The minimum Gasteiger partial charge on any atom is -0.497 e. The third-order valence-corrected chi connectivity index (χ3v) is 4.30. The van der Waals surface area contributed by atoms with Crippen LogP contribution >= 0.6 is 11.3 Å². The first-order valence-electron chi connectivity index (χ1n) is 6.77. The summed E-state index contributed by atoms with van der Waals surface area (Å²) in [5, 5.41) is 15.1. The Morgan fingerprint density at radius 2 is 2.19 bits per heavy atom. The van der Waals surface area contributed by atoms with E-state index in [0.29, 0.717) is 0 Å². The van der Waals surface area contributed by atoms with Crippen molar-refractivity contribution in [1.82, 2.24) is 14.6 Å². The topological polar surface area (TPSA) is 59.7 Å². The van der Waals surface area contributed by atoms with Gasteiger partial charge in [-0.15, -0.1) is 0 Å². The second-order valence-corrected chi connectivity index (χ2v) is 6.05. The number of ether oxygens (including phenoxy) is 1. The molecule has 0 aliphatic heterocycles. The van der Waals surface area contributed by atoms with Crippen LogP contribution in [0.1, 0.15) is 31.2 Å². The minimum atomic E-state index is -0.0596. The van der Waals surface area contributed by atoms with Gasteiger partial charge >= 0.3 is 0 Å². The lowest BCUT2D eigenvalue weighted by molar-refractivity contribution is 0.272. The van der Waals surface area contributed by atoms with Crippen LogP contribution in [0.2, 0.25) is 0 Å². The van der Waals surface area contributed by atoms with E-state index in [9.17, 15) is 5.11 Å². The van der Waals surface area contributed by atoms with Gasteiger partial charge in [-0.05, 0) is 18.1 Å². The molecule has 0 aliphatic carbocycles. The van der Waals surface area contributed by atoms with Crippen molar-refractivity contribution in [3.63, 3.8) is 0 Å². The van der Waals surface area contributed by atoms with Crippen LogP contribution in [-0.2, 0) is 6.61 Å². The van der Waals surface area contributed by atoms with Gasteiger partial charge in [0.05, 0.1) is 25.1 Å². The molecule has 0 aliphatic rings. The number of methoxy groups -OCH3 is 1. The fourth-order valence-corrected chi connectivity index (χ4v) is 3.21. The molecule has 0 fully saturated rings. The van der Waals surface area contributed by atoms with Crippen molar-refractivity contribution in [2.45, 2.75) is 26.4 Å². The second-order valence-electron chi connectivity index (χ2n) is 5.09. The summed E-state index contributed by atoms with van der Waals surface area (Å²) in [6, 6.07) is 7.77. The molecular weight excluding hydrogens is 286 g/mol. The largest absolute Gasteiger partial charge is 0.497 e. The van der Waals surface area contributed by atoms with Gasteiger partial charge in [0.15, 0.2) is 0 Å². The molecule has 0 radical (unpaired) electrons. The normalized spacial score (nSPS) is 11.5. The van der Waals surface area contributed by atoms with E-state index in [2.05, 4.69) is 23.9 Å². The van der Waals surface area contributed by atoms with Crippen LogP contribution in [0.15, 0.2) is 24.3 Å². The van der Waals surface area contributed by atoms with Gasteiger partial charge in [0.2, 0.25) is 4.96 Å². The standard InChI is InChI=1S/C15H17N3O2S/c1-9(2)13-12(8-19)18-15(16-13)21-14(17-18)10-5-4-6-11(7-10)20-3/h4-7,9,19H,8H2,1-3H3. The molecule has 0 saturated heterocycles. The third-order valence-electron chi connectivity index (χ3n) is 3.34. The summed E-state index contributed by atoms with van der Waals surface area (Å²) in [5.74, 6) is 1.06. The van der Waals surface area contributed by atoms with Gasteiger partial charge in [0.1, 0.15) is 10.8 Å². The van der Waals surface area contributed by atoms with E-state index in [0.717, 1.165) is 32.7 Å². The summed E-state index contributed by atoms with van der Waals surface area (Å²) in [5.41, 5.74) is 2.67. The van der Waals surface area contributed by atoms with Gasteiger partial charge < -0.3 is 9.84 Å². The maximum absolute atomic E-state index is 9.60. The summed E-state index contributed by atoms with van der Waals surface area (Å²) >= 11 is 1.51. The van der Waals surface area contributed by atoms with Crippen LogP contribution in [0, 0.1) is 0 Å². The lowest BCUT2D eigenvalue weighted by Crippen LogP contribution is -1.99. The van der Waals surface area contributed by atoms with Crippen molar-refractivity contribution in [3.05, 3.63) is 35.7 Å². The number of rotatable bonds is 4. The first-order chi connectivity index (χ1) is 10.1. The zero-order valence-corrected chi connectivity index (χ0v) is 13.0. The average Bonchev–Trinajstić information content (AvgIpc) is 3.04. The van der Waals surface area contributed by atoms with Crippen LogP contribution in [0.3, 0.4) is 0 Å². The molecule has 0 unspecified atom stereocenters. The highest BCUT2D eigenvalue weighted by molar-refractivity contribution is 7.19. The Hall–Kier alpha value is -1.92. The van der Waals surface area contributed by atoms with Crippen molar-refractivity contribution in [2.75, 3.05) is 7.11 Å². The Morgan fingerprint density at radius 3 is 2.86 bits per heavy atom. The molecule has 1 N–H and O–H groups in total. The highest BCUT2D eigenvalue weighted by Gasteiger charge is 2.18. The number of nitrogens with zero attached hydrogens (tertiary/aromatic N) is 3. The summed E-state index contributed by atoms with van der Waals surface area (Å²) in [6.07, 6.45) is 0. The van der Waals surface area contributed by atoms with Gasteiger partial charge in [-0.3, -0.25) is 0 Å². The number of aromatic nitrogens is 3. The van der Waals surface area contributed by atoms with Crippen LogP contribution in [0.25, 0.3) is 15.5 Å². The van der Waals surface area contributed by atoms with E-state index in [4.69, 9.17) is 4.74 Å². The zero-order valence-electron chi connectivity index (χ0n) is 12.2. The molecule has 0 amide bonds. The Bertz CT molecular complexity index is 776. The molecule has 0 spiro atoms. The van der Waals surface area contributed by atoms with E-state index in [-0.39, 0.29) is 12.5 Å². The second kappa shape index (κ2) is 5.46. The summed E-state index contributed by atoms with van der Waals surface area (Å²) < 4.78 is 6.99. The van der Waals surface area contributed by atoms with Crippen molar-refractivity contribution in [2.24, 2.45) is 0 Å². The van der Waals surface area contributed by atoms with Crippen molar-refractivity contribution in [3.8, 4) is 16.3 Å². The van der Waals surface area contributed by atoms with Crippen LogP contribution in [-0.4, -0.2) is 26.8 Å². The van der Waals surface area contributed by atoms with Gasteiger partial charge in [0.25, 0.3) is 0 Å². The fraction of sp³-hybridized carbons (Fsp3) is 0.333. The molecular formula is C15H17N3O2S. The number of imidazole rings is 1. The van der Waals surface area contributed by atoms with Gasteiger partial charge in [-0.2, -0.15) is 5.10 Å². The Labute approximate surface area is 126 Å². The van der Waals surface area contributed by atoms with E-state index < -0.39 is 0 Å². The van der Waals surface area contributed by atoms with Gasteiger partial charge in [-0.1, -0.05) is 37.3 Å². The summed E-state index contributed by atoms with van der Waals surface area (Å²) in [6.45, 7) is 4.07. The molecule has 1 aromatic carbocycles. The molecule has 2 heterocycles. The molecule has 110 valence electrons. The number of fused-ring (bicyclic) bond motifs is 1. The number of aliphatic hydroxyl groups excluding tert-OH is 1. The molecule has 3 aromatic rings. The van der Waals surface area contributed by atoms with Crippen molar-refractivity contribution in [1.29, 1.82) is 0 Å².